The molecule has 1 aliphatic rings. The lowest BCUT2D eigenvalue weighted by Crippen LogP contribution is -2.36. The normalized spacial score (nSPS) is 22.8. The molecule has 0 heterocycles. The lowest BCUT2D eigenvalue weighted by atomic mass is 9.70. The number of ketones is 1. The maximum absolute atomic E-state index is 11.6. The van der Waals surface area contributed by atoms with Gasteiger partial charge in [-0.25, -0.2) is 0 Å². The smallest absolute Gasteiger partial charge is 0.158 e. The van der Waals surface area contributed by atoms with E-state index in [0.717, 1.165) is 18.7 Å². The summed E-state index contributed by atoms with van der Waals surface area (Å²) in [6.07, 6.45) is 5.51. The molecular formula is C14H22N2O. The molecule has 1 N–H and O–H groups in total. The summed E-state index contributed by atoms with van der Waals surface area (Å²) in [5, 5.41) is 12.5. The molecule has 0 fully saturated rings. The molecule has 3 heteroatoms. The first-order valence-corrected chi connectivity index (χ1v) is 6.39. The molecule has 94 valence electrons. The van der Waals surface area contributed by atoms with Crippen LogP contribution in [0.15, 0.2) is 11.8 Å². The Morgan fingerprint density at radius 1 is 1.53 bits per heavy atom. The van der Waals surface area contributed by atoms with E-state index in [1.54, 1.807) is 6.08 Å². The highest BCUT2D eigenvalue weighted by Crippen LogP contribution is 2.38. The van der Waals surface area contributed by atoms with Gasteiger partial charge in [-0.3, -0.25) is 4.79 Å². The average molecular weight is 234 g/mol. The summed E-state index contributed by atoms with van der Waals surface area (Å²) < 4.78 is 0. The maximum Gasteiger partial charge on any atom is 0.158 e. The number of unbranched alkanes of at least 4 members (excludes halogenated alkanes) is 2. The number of nitriles is 1. The van der Waals surface area contributed by atoms with Crippen molar-refractivity contribution in [3.63, 3.8) is 0 Å². The first-order valence-electron chi connectivity index (χ1n) is 6.39. The molecule has 17 heavy (non-hydrogen) atoms. The molecule has 0 radical (unpaired) electrons. The van der Waals surface area contributed by atoms with Gasteiger partial charge in [0.1, 0.15) is 0 Å². The fraction of sp³-hybridized carbons (Fsp3) is 0.714. The van der Waals surface area contributed by atoms with E-state index in [1.807, 2.05) is 13.8 Å². The molecule has 1 rings (SSSR count). The van der Waals surface area contributed by atoms with Crippen molar-refractivity contribution >= 4 is 5.78 Å². The molecule has 0 aromatic heterocycles. The summed E-state index contributed by atoms with van der Waals surface area (Å²) >= 11 is 0. The molecule has 0 spiro atoms. The molecule has 0 bridgehead atoms. The summed E-state index contributed by atoms with van der Waals surface area (Å²) in [5.74, 6) is -0.0682. The quantitative estimate of drug-likeness (QED) is 0.744. The Morgan fingerprint density at radius 3 is 2.82 bits per heavy atom. The van der Waals surface area contributed by atoms with Crippen molar-refractivity contribution in [3.8, 4) is 6.07 Å². The third-order valence-corrected chi connectivity index (χ3v) is 3.28. The Bertz CT molecular complexity index is 350. The van der Waals surface area contributed by atoms with Crippen LogP contribution in [-0.4, -0.2) is 12.3 Å². The zero-order valence-electron chi connectivity index (χ0n) is 11.0. The highest BCUT2D eigenvalue weighted by molar-refractivity contribution is 5.92. The zero-order valence-corrected chi connectivity index (χ0v) is 11.0. The number of rotatable bonds is 5. The third-order valence-electron chi connectivity index (χ3n) is 3.28. The molecule has 3 nitrogen and oxygen atoms in total. The highest BCUT2D eigenvalue weighted by atomic mass is 16.1. The van der Waals surface area contributed by atoms with Gasteiger partial charge >= 0.3 is 0 Å². The fourth-order valence-corrected chi connectivity index (χ4v) is 2.28. The average Bonchev–Trinajstić information content (AvgIpc) is 2.22. The van der Waals surface area contributed by atoms with Gasteiger partial charge in [0.05, 0.1) is 12.0 Å². The highest BCUT2D eigenvalue weighted by Gasteiger charge is 2.37. The minimum Gasteiger partial charge on any atom is -0.387 e. The van der Waals surface area contributed by atoms with Gasteiger partial charge in [0.25, 0.3) is 0 Å². The largest absolute Gasteiger partial charge is 0.387 e. The Hall–Kier alpha value is -1.30. The third kappa shape index (κ3) is 3.59. The van der Waals surface area contributed by atoms with Crippen LogP contribution in [0, 0.1) is 22.7 Å². The predicted octanol–water partition coefficient (Wildman–Crippen LogP) is 2.79. The predicted molar refractivity (Wildman–Crippen MR) is 68.1 cm³/mol. The van der Waals surface area contributed by atoms with Gasteiger partial charge < -0.3 is 5.32 Å². The van der Waals surface area contributed by atoms with E-state index in [-0.39, 0.29) is 17.1 Å². The van der Waals surface area contributed by atoms with Crippen LogP contribution in [0.1, 0.15) is 46.5 Å². The number of nitrogens with one attached hydrogen (secondary N) is 1. The SMILES string of the molecule is CCCCCNC1=CC(=O)CC(C)(C)C1C#N. The van der Waals surface area contributed by atoms with Crippen molar-refractivity contribution in [1.29, 1.82) is 5.26 Å². The lowest BCUT2D eigenvalue weighted by molar-refractivity contribution is -0.117. The van der Waals surface area contributed by atoms with Gasteiger partial charge in [0.15, 0.2) is 5.78 Å². The zero-order chi connectivity index (χ0) is 12.9. The van der Waals surface area contributed by atoms with Crippen LogP contribution in [-0.2, 0) is 4.79 Å². The van der Waals surface area contributed by atoms with Crippen molar-refractivity contribution in [1.82, 2.24) is 5.32 Å². The summed E-state index contributed by atoms with van der Waals surface area (Å²) in [4.78, 5) is 11.6. The first kappa shape index (κ1) is 13.8. The fourth-order valence-electron chi connectivity index (χ4n) is 2.28. The first-order chi connectivity index (χ1) is 8.01. The second-order valence-corrected chi connectivity index (χ2v) is 5.43. The van der Waals surface area contributed by atoms with Crippen molar-refractivity contribution in [2.24, 2.45) is 11.3 Å². The van der Waals surface area contributed by atoms with Crippen LogP contribution in [0.25, 0.3) is 0 Å². The number of carbonyl (C=O) groups excluding carboxylic acids is 1. The van der Waals surface area contributed by atoms with E-state index < -0.39 is 0 Å². The molecule has 0 saturated heterocycles. The second kappa shape index (κ2) is 5.86. The van der Waals surface area contributed by atoms with E-state index in [9.17, 15) is 10.1 Å². The Morgan fingerprint density at radius 2 is 2.24 bits per heavy atom. The minimum atomic E-state index is -0.256. The van der Waals surface area contributed by atoms with Crippen LogP contribution >= 0.6 is 0 Å². The van der Waals surface area contributed by atoms with E-state index in [0.29, 0.717) is 6.42 Å². The van der Waals surface area contributed by atoms with Crippen LogP contribution in [0.3, 0.4) is 0 Å². The Kier molecular flexibility index (Phi) is 4.74. The van der Waals surface area contributed by atoms with Gasteiger partial charge in [0.2, 0.25) is 0 Å². The number of hydrogen-bond acceptors (Lipinski definition) is 3. The summed E-state index contributed by atoms with van der Waals surface area (Å²) in [6, 6.07) is 2.32. The van der Waals surface area contributed by atoms with Gasteiger partial charge in [-0.05, 0) is 11.8 Å². The Balaban J connectivity index is 2.67. The van der Waals surface area contributed by atoms with Gasteiger partial charge in [-0.2, -0.15) is 5.26 Å². The standard InChI is InChI=1S/C14H22N2O/c1-4-5-6-7-16-13-8-11(17)9-14(2,3)12(13)10-15/h8,12,16H,4-7,9H2,1-3H3. The molecule has 1 atom stereocenters. The van der Waals surface area contributed by atoms with E-state index in [1.165, 1.54) is 12.8 Å². The molecule has 0 aromatic carbocycles. The lowest BCUT2D eigenvalue weighted by Gasteiger charge is -2.34. The number of carbonyl (C=O) groups is 1. The maximum atomic E-state index is 11.6. The molecule has 0 saturated carbocycles. The molecule has 0 aromatic rings. The minimum absolute atomic E-state index is 0.125. The van der Waals surface area contributed by atoms with Crippen molar-refractivity contribution < 1.29 is 4.79 Å². The van der Waals surface area contributed by atoms with Crippen molar-refractivity contribution in [2.45, 2.75) is 46.5 Å². The molecular weight excluding hydrogens is 212 g/mol. The number of nitrogens with zero attached hydrogens (tertiary/aromatic N) is 1. The van der Waals surface area contributed by atoms with Crippen molar-refractivity contribution in [2.75, 3.05) is 6.54 Å². The molecule has 1 aliphatic carbocycles. The van der Waals surface area contributed by atoms with E-state index in [2.05, 4.69) is 18.3 Å². The van der Waals surface area contributed by atoms with E-state index >= 15 is 0 Å². The summed E-state index contributed by atoms with van der Waals surface area (Å²) in [7, 11) is 0. The summed E-state index contributed by atoms with van der Waals surface area (Å²) in [6.45, 7) is 6.98. The number of hydrogen-bond donors (Lipinski definition) is 1. The topological polar surface area (TPSA) is 52.9 Å². The monoisotopic (exact) mass is 234 g/mol. The van der Waals surface area contributed by atoms with Crippen LogP contribution < -0.4 is 5.32 Å². The molecule has 0 amide bonds. The van der Waals surface area contributed by atoms with Crippen LogP contribution in [0.4, 0.5) is 0 Å². The van der Waals surface area contributed by atoms with Gasteiger partial charge in [0, 0.05) is 24.7 Å². The van der Waals surface area contributed by atoms with E-state index in [4.69, 9.17) is 0 Å². The number of allylic oxidation sites excluding steroid dienone is 2. The molecule has 1 unspecified atom stereocenters. The van der Waals surface area contributed by atoms with Gasteiger partial charge in [-0.1, -0.05) is 33.6 Å². The Labute approximate surface area is 104 Å². The summed E-state index contributed by atoms with van der Waals surface area (Å²) in [5.41, 5.74) is 0.554. The van der Waals surface area contributed by atoms with Gasteiger partial charge in [-0.15, -0.1) is 0 Å². The van der Waals surface area contributed by atoms with Crippen LogP contribution in [0.5, 0.6) is 0 Å². The second-order valence-electron chi connectivity index (χ2n) is 5.43. The van der Waals surface area contributed by atoms with Crippen LogP contribution in [0.2, 0.25) is 0 Å². The van der Waals surface area contributed by atoms with Crippen molar-refractivity contribution in [3.05, 3.63) is 11.8 Å². The molecule has 0 aliphatic heterocycles.